The molecular formula is C33H43ClN6O5S. The molecule has 46 heavy (non-hydrogen) atoms. The number of aryl methyl sites for hydroxylation is 1. The molecule has 1 aliphatic heterocycles. The maximum Gasteiger partial charge on any atom is 0.303 e. The molecule has 1 atom stereocenters. The Morgan fingerprint density at radius 3 is 2.46 bits per heavy atom. The Kier molecular flexibility index (Phi) is 11.5. The lowest BCUT2D eigenvalue weighted by atomic mass is 9.86. The monoisotopic (exact) mass is 670 g/mol. The van der Waals surface area contributed by atoms with Crippen molar-refractivity contribution < 1.29 is 23.6 Å². The number of carbonyl (C=O) groups is 2. The van der Waals surface area contributed by atoms with Crippen LogP contribution in [0.15, 0.2) is 47.5 Å². The number of hydrogen-bond donors (Lipinski definition) is 4. The normalized spacial score (nSPS) is 15.1. The summed E-state index contributed by atoms with van der Waals surface area (Å²) in [5.74, 6) is 0.585. The summed E-state index contributed by atoms with van der Waals surface area (Å²) in [6.45, 7) is 10.7. The van der Waals surface area contributed by atoms with E-state index in [9.17, 15) is 13.8 Å². The van der Waals surface area contributed by atoms with Crippen molar-refractivity contribution in [3.63, 3.8) is 0 Å². The fourth-order valence-corrected chi connectivity index (χ4v) is 6.81. The molecule has 1 fully saturated rings. The lowest BCUT2D eigenvalue weighted by molar-refractivity contribution is -0.137. The van der Waals surface area contributed by atoms with Gasteiger partial charge in [-0.25, -0.2) is 14.0 Å². The summed E-state index contributed by atoms with van der Waals surface area (Å²) in [7, 11) is -3.07. The van der Waals surface area contributed by atoms with Crippen molar-refractivity contribution in [1.82, 2.24) is 14.9 Å². The second-order valence-corrected chi connectivity index (χ2v) is 15.1. The first-order valence-corrected chi connectivity index (χ1v) is 17.5. The summed E-state index contributed by atoms with van der Waals surface area (Å²) in [5, 5.41) is 15.2. The van der Waals surface area contributed by atoms with Gasteiger partial charge in [-0.1, -0.05) is 23.7 Å². The number of aliphatic carboxylic acids is 1. The first kappa shape index (κ1) is 35.0. The minimum Gasteiger partial charge on any atom is -0.489 e. The van der Waals surface area contributed by atoms with Crippen molar-refractivity contribution in [2.75, 3.05) is 23.7 Å². The molecule has 4 N–H and O–H groups in total. The zero-order chi connectivity index (χ0) is 33.6. The van der Waals surface area contributed by atoms with Crippen LogP contribution in [0, 0.1) is 11.7 Å². The number of rotatable bonds is 13. The Hall–Kier alpha value is -3.90. The van der Waals surface area contributed by atoms with E-state index in [1.54, 1.807) is 38.1 Å². The third kappa shape index (κ3) is 8.67. The van der Waals surface area contributed by atoms with E-state index in [4.69, 9.17) is 26.2 Å². The van der Waals surface area contributed by atoms with E-state index in [1.165, 1.54) is 6.20 Å². The Labute approximate surface area is 276 Å². The van der Waals surface area contributed by atoms with Gasteiger partial charge in [0.05, 0.1) is 38.3 Å². The van der Waals surface area contributed by atoms with E-state index in [-0.39, 0.29) is 47.0 Å². The predicted octanol–water partition coefficient (Wildman–Crippen LogP) is 7.49. The van der Waals surface area contributed by atoms with Gasteiger partial charge in [-0.15, -0.1) is 0 Å². The van der Waals surface area contributed by atoms with E-state index < -0.39 is 15.7 Å². The lowest BCUT2D eigenvalue weighted by Crippen LogP contribution is -2.38. The number of nitrogens with one attached hydrogen (secondary N) is 3. The van der Waals surface area contributed by atoms with E-state index in [1.807, 2.05) is 31.7 Å². The van der Waals surface area contributed by atoms with Gasteiger partial charge in [-0.05, 0) is 95.2 Å². The van der Waals surface area contributed by atoms with Gasteiger partial charge < -0.3 is 25.4 Å². The van der Waals surface area contributed by atoms with Crippen LogP contribution in [0.2, 0.25) is 5.02 Å². The summed E-state index contributed by atoms with van der Waals surface area (Å²) < 4.78 is 27.9. The largest absolute Gasteiger partial charge is 0.489 e. The van der Waals surface area contributed by atoms with Crippen LogP contribution in [0.1, 0.15) is 76.8 Å². The van der Waals surface area contributed by atoms with Gasteiger partial charge in [0, 0.05) is 31.2 Å². The van der Waals surface area contributed by atoms with Crippen molar-refractivity contribution in [3.05, 3.63) is 58.7 Å². The fourth-order valence-electron chi connectivity index (χ4n) is 5.43. The molecule has 2 aromatic carbocycles. The Morgan fingerprint density at radius 2 is 1.80 bits per heavy atom. The highest BCUT2D eigenvalue weighted by Gasteiger charge is 2.26. The SMILES string of the molecule is Cc1cc(Nc2ncc(Cl)c(Nc3ccccc3S(=N)(=O)C(C)C)n2)c(OC(C)C)cc1C1CCN(C(=O)CCCC(=O)O)CC1. The van der Waals surface area contributed by atoms with E-state index in [0.29, 0.717) is 47.3 Å². The Bertz CT molecular complexity index is 1670. The van der Waals surface area contributed by atoms with Crippen molar-refractivity contribution >= 4 is 56.3 Å². The zero-order valence-corrected chi connectivity index (χ0v) is 28.5. The molecule has 1 aliphatic rings. The third-order valence-electron chi connectivity index (χ3n) is 7.92. The first-order valence-electron chi connectivity index (χ1n) is 15.5. The summed E-state index contributed by atoms with van der Waals surface area (Å²) in [5.41, 5.74) is 3.38. The highest BCUT2D eigenvalue weighted by Crippen LogP contribution is 2.38. The average Bonchev–Trinajstić information content (AvgIpc) is 3.00. The molecule has 0 aliphatic carbocycles. The average molecular weight is 671 g/mol. The molecule has 4 rings (SSSR count). The van der Waals surface area contributed by atoms with Crippen LogP contribution in [0.4, 0.5) is 23.1 Å². The number of ether oxygens (including phenoxy) is 1. The Morgan fingerprint density at radius 1 is 1.11 bits per heavy atom. The molecule has 0 spiro atoms. The number of benzene rings is 2. The van der Waals surface area contributed by atoms with Crippen molar-refractivity contribution in [2.45, 2.75) is 88.9 Å². The van der Waals surface area contributed by atoms with Gasteiger partial charge >= 0.3 is 5.97 Å². The van der Waals surface area contributed by atoms with E-state index >= 15 is 0 Å². The number of nitrogens with zero attached hydrogens (tertiary/aromatic N) is 3. The molecule has 248 valence electrons. The maximum atomic E-state index is 13.2. The smallest absolute Gasteiger partial charge is 0.303 e. The molecule has 11 nitrogen and oxygen atoms in total. The van der Waals surface area contributed by atoms with Crippen LogP contribution >= 0.6 is 11.6 Å². The summed E-state index contributed by atoms with van der Waals surface area (Å²) in [6.07, 6.45) is 3.59. The molecule has 2 heterocycles. The van der Waals surface area contributed by atoms with E-state index in [0.717, 1.165) is 24.0 Å². The van der Waals surface area contributed by atoms with Crippen LogP contribution in [0.25, 0.3) is 0 Å². The lowest BCUT2D eigenvalue weighted by Gasteiger charge is -2.33. The van der Waals surface area contributed by atoms with Crippen molar-refractivity contribution in [1.29, 1.82) is 4.78 Å². The number of likely N-dealkylation sites (tertiary alicyclic amines) is 1. The number of piperidine rings is 1. The van der Waals surface area contributed by atoms with E-state index in [2.05, 4.69) is 26.7 Å². The molecule has 1 unspecified atom stereocenters. The number of carboxylic acids is 1. The molecule has 1 saturated heterocycles. The van der Waals surface area contributed by atoms with Crippen LogP contribution in [0.5, 0.6) is 5.75 Å². The highest BCUT2D eigenvalue weighted by atomic mass is 35.5. The maximum absolute atomic E-state index is 13.2. The number of para-hydroxylation sites is 1. The van der Waals surface area contributed by atoms with Gasteiger partial charge in [0.25, 0.3) is 0 Å². The number of anilines is 4. The highest BCUT2D eigenvalue weighted by molar-refractivity contribution is 7.93. The van der Waals surface area contributed by atoms with Crippen LogP contribution in [0.3, 0.4) is 0 Å². The molecule has 3 aromatic rings. The number of carboxylic acid groups (broad SMARTS) is 1. The van der Waals surface area contributed by atoms with Crippen LogP contribution < -0.4 is 15.4 Å². The number of halogens is 1. The van der Waals surface area contributed by atoms with Gasteiger partial charge in [0.15, 0.2) is 5.82 Å². The van der Waals surface area contributed by atoms with Crippen LogP contribution in [-0.4, -0.2) is 60.5 Å². The standard InChI is InChI=1S/C33H43ClN6O5S/c1-20(2)45-28-18-24(23-13-15-40(16-14-23)30(41)11-8-12-31(42)43)22(5)17-27(28)38-33-36-19-25(34)32(39-33)37-26-9-6-7-10-29(26)46(35,44)21(3)4/h6-7,9-10,17-21,23,35H,8,11-16H2,1-5H3,(H,42,43)(H2,36,37,38,39). The fraction of sp³-hybridized carbons (Fsp3) is 0.455. The molecule has 1 amide bonds. The quantitative estimate of drug-likeness (QED) is 0.145. The molecule has 13 heteroatoms. The molecule has 0 bridgehead atoms. The zero-order valence-electron chi connectivity index (χ0n) is 26.9. The second-order valence-electron chi connectivity index (χ2n) is 12.1. The number of hydrogen-bond acceptors (Lipinski definition) is 9. The second kappa shape index (κ2) is 15.1. The summed E-state index contributed by atoms with van der Waals surface area (Å²) >= 11 is 6.47. The van der Waals surface area contributed by atoms with Crippen molar-refractivity contribution in [2.24, 2.45) is 0 Å². The molecular weight excluding hydrogens is 628 g/mol. The minimum absolute atomic E-state index is 0.000448. The van der Waals surface area contributed by atoms with Crippen molar-refractivity contribution in [3.8, 4) is 5.75 Å². The number of amides is 1. The first-order chi connectivity index (χ1) is 21.8. The van der Waals surface area contributed by atoms with Crippen LogP contribution in [-0.2, 0) is 19.3 Å². The molecule has 0 saturated carbocycles. The number of carbonyl (C=O) groups excluding carboxylic acids is 1. The Balaban J connectivity index is 1.54. The number of aromatic nitrogens is 2. The van der Waals surface area contributed by atoms with Gasteiger partial charge in [-0.2, -0.15) is 4.98 Å². The molecule has 0 radical (unpaired) electrons. The van der Waals surface area contributed by atoms with Gasteiger partial charge in [-0.3, -0.25) is 9.59 Å². The third-order valence-corrected chi connectivity index (χ3v) is 10.5. The predicted molar refractivity (Wildman–Crippen MR) is 181 cm³/mol. The molecule has 1 aromatic heterocycles. The summed E-state index contributed by atoms with van der Waals surface area (Å²) in [6, 6.07) is 11.0. The van der Waals surface area contributed by atoms with Gasteiger partial charge in [0.1, 0.15) is 10.8 Å². The topological polar surface area (TPSA) is 158 Å². The summed E-state index contributed by atoms with van der Waals surface area (Å²) in [4.78, 5) is 34.6. The minimum atomic E-state index is -3.07. The van der Waals surface area contributed by atoms with Gasteiger partial charge in [0.2, 0.25) is 11.9 Å².